The molecule has 0 saturated carbocycles. The van der Waals surface area contributed by atoms with E-state index >= 15 is 0 Å². The minimum Gasteiger partial charge on any atom is -0.310 e. The SMILES string of the molecule is CC(C)(C)c1ccc(N(c2ccc3c(c2)C(c2ccccc2)(c2ccccc2)c2ccccc2-3)c2ccccc2-c2cccc3cccc(-c4cc(C(C)(C)C)cc(C(C)(C)C)c4)c23)cc1. The Morgan fingerprint density at radius 3 is 1.41 bits per heavy atom. The highest BCUT2D eigenvalue weighted by Gasteiger charge is 2.46. The molecule has 0 radical (unpaired) electrons. The van der Waals surface area contributed by atoms with E-state index in [1.165, 1.54) is 83.1 Å². The van der Waals surface area contributed by atoms with Crippen LogP contribution in [0.15, 0.2) is 206 Å². The van der Waals surface area contributed by atoms with Crippen LogP contribution in [0.5, 0.6) is 0 Å². The summed E-state index contributed by atoms with van der Waals surface area (Å²) >= 11 is 0. The molecule has 1 aliphatic rings. The Morgan fingerprint density at radius 1 is 0.333 bits per heavy atom. The third-order valence-corrected chi connectivity index (χ3v) is 14.0. The van der Waals surface area contributed by atoms with E-state index in [4.69, 9.17) is 0 Å². The molecule has 326 valence electrons. The first kappa shape index (κ1) is 43.0. The molecule has 0 aromatic heterocycles. The molecule has 1 aliphatic carbocycles. The molecule has 9 aromatic carbocycles. The predicted octanol–water partition coefficient (Wildman–Crippen LogP) is 17.9. The van der Waals surface area contributed by atoms with Crippen LogP contribution in [0.2, 0.25) is 0 Å². The largest absolute Gasteiger partial charge is 0.310 e. The van der Waals surface area contributed by atoms with Gasteiger partial charge in [-0.1, -0.05) is 238 Å². The normalized spacial score (nSPS) is 13.3. The number of hydrogen-bond donors (Lipinski definition) is 0. The number of anilines is 3. The molecule has 0 heterocycles. The second-order valence-electron chi connectivity index (χ2n) is 21.4. The Bertz CT molecular complexity index is 3150. The highest BCUT2D eigenvalue weighted by Crippen LogP contribution is 2.57. The highest BCUT2D eigenvalue weighted by molar-refractivity contribution is 6.09. The summed E-state index contributed by atoms with van der Waals surface area (Å²) in [6.45, 7) is 20.8. The number of hydrogen-bond acceptors (Lipinski definition) is 1. The summed E-state index contributed by atoms with van der Waals surface area (Å²) < 4.78 is 0. The zero-order chi connectivity index (χ0) is 46.0. The van der Waals surface area contributed by atoms with Gasteiger partial charge in [-0.2, -0.15) is 0 Å². The molecule has 0 amide bonds. The van der Waals surface area contributed by atoms with Crippen molar-refractivity contribution in [1.29, 1.82) is 0 Å². The molecule has 0 fully saturated rings. The van der Waals surface area contributed by atoms with Crippen molar-refractivity contribution in [1.82, 2.24) is 0 Å². The lowest BCUT2D eigenvalue weighted by molar-refractivity contribution is 0.569. The van der Waals surface area contributed by atoms with Gasteiger partial charge in [0.1, 0.15) is 0 Å². The lowest BCUT2D eigenvalue weighted by atomic mass is 9.67. The number of fused-ring (bicyclic) bond motifs is 4. The first-order valence-electron chi connectivity index (χ1n) is 23.7. The van der Waals surface area contributed by atoms with Gasteiger partial charge in [0.05, 0.1) is 11.1 Å². The van der Waals surface area contributed by atoms with Crippen LogP contribution in [-0.4, -0.2) is 0 Å². The van der Waals surface area contributed by atoms with Crippen LogP contribution in [0, 0.1) is 0 Å². The van der Waals surface area contributed by atoms with Gasteiger partial charge in [-0.3, -0.25) is 0 Å². The van der Waals surface area contributed by atoms with Gasteiger partial charge in [0.2, 0.25) is 0 Å². The molecule has 0 bridgehead atoms. The molecule has 0 unspecified atom stereocenters. The Morgan fingerprint density at radius 2 is 0.818 bits per heavy atom. The maximum absolute atomic E-state index is 2.51. The van der Waals surface area contributed by atoms with Crippen LogP contribution in [-0.2, 0) is 21.7 Å². The summed E-state index contributed by atoms with van der Waals surface area (Å²) in [5.41, 5.74) is 19.4. The Kier molecular flexibility index (Phi) is 10.5. The number of para-hydroxylation sites is 1. The van der Waals surface area contributed by atoms with Crippen LogP contribution in [0.3, 0.4) is 0 Å². The quantitative estimate of drug-likeness (QED) is 0.154. The van der Waals surface area contributed by atoms with Crippen LogP contribution in [0.4, 0.5) is 17.1 Å². The predicted molar refractivity (Wildman–Crippen MR) is 283 cm³/mol. The molecule has 1 nitrogen and oxygen atoms in total. The van der Waals surface area contributed by atoms with Crippen LogP contribution in [0.25, 0.3) is 44.2 Å². The first-order chi connectivity index (χ1) is 31.6. The van der Waals surface area contributed by atoms with E-state index in [-0.39, 0.29) is 16.2 Å². The Balaban J connectivity index is 1.25. The van der Waals surface area contributed by atoms with Gasteiger partial charge in [-0.15, -0.1) is 0 Å². The van der Waals surface area contributed by atoms with Crippen molar-refractivity contribution in [2.45, 2.75) is 84.0 Å². The minimum absolute atomic E-state index is 0.00506. The third kappa shape index (κ3) is 7.36. The minimum atomic E-state index is -0.524. The van der Waals surface area contributed by atoms with Crippen molar-refractivity contribution < 1.29 is 0 Å². The fourth-order valence-corrected chi connectivity index (χ4v) is 10.5. The fraction of sp³-hybridized carbons (Fsp3) is 0.200. The number of nitrogens with zero attached hydrogens (tertiary/aromatic N) is 1. The van der Waals surface area contributed by atoms with Gasteiger partial charge in [0, 0.05) is 16.9 Å². The van der Waals surface area contributed by atoms with Gasteiger partial charge >= 0.3 is 0 Å². The molecule has 0 atom stereocenters. The summed E-state index contributed by atoms with van der Waals surface area (Å²) in [7, 11) is 0. The number of rotatable bonds is 7. The molecule has 0 spiro atoms. The van der Waals surface area contributed by atoms with Gasteiger partial charge in [0.25, 0.3) is 0 Å². The van der Waals surface area contributed by atoms with Gasteiger partial charge in [-0.05, 0) is 124 Å². The van der Waals surface area contributed by atoms with Crippen molar-refractivity contribution in [3.05, 3.63) is 245 Å². The number of benzene rings is 9. The van der Waals surface area contributed by atoms with E-state index in [0.717, 1.165) is 17.1 Å². The average Bonchev–Trinajstić information content (AvgIpc) is 3.61. The highest BCUT2D eigenvalue weighted by atomic mass is 15.1. The molecular weight excluding hydrogens is 795 g/mol. The Labute approximate surface area is 393 Å². The van der Waals surface area contributed by atoms with Gasteiger partial charge in [-0.25, -0.2) is 0 Å². The summed E-state index contributed by atoms with van der Waals surface area (Å²) in [6.07, 6.45) is 0. The summed E-state index contributed by atoms with van der Waals surface area (Å²) in [6, 6.07) is 77.8. The fourth-order valence-electron chi connectivity index (χ4n) is 10.5. The zero-order valence-electron chi connectivity index (χ0n) is 40.1. The molecule has 0 saturated heterocycles. The topological polar surface area (TPSA) is 3.24 Å². The third-order valence-electron chi connectivity index (χ3n) is 14.0. The average molecular weight is 856 g/mol. The van der Waals surface area contributed by atoms with Gasteiger partial charge < -0.3 is 4.90 Å². The smallest absolute Gasteiger partial charge is 0.0714 e. The van der Waals surface area contributed by atoms with Crippen molar-refractivity contribution in [2.24, 2.45) is 0 Å². The summed E-state index contributed by atoms with van der Waals surface area (Å²) in [5.74, 6) is 0. The van der Waals surface area contributed by atoms with Crippen LogP contribution >= 0.6 is 0 Å². The molecule has 10 rings (SSSR count). The molecule has 0 aliphatic heterocycles. The van der Waals surface area contributed by atoms with Crippen LogP contribution in [0.1, 0.15) is 101 Å². The molecule has 9 aromatic rings. The standard InChI is InChI=1S/C65H61N/c1-62(2,3)46-34-36-51(37-35-46)66(52-38-39-55-54-28-16-18-32-58(54)65(59(55)43-52,47-24-12-10-13-25-47)48-26-14-11-15-27-48)60-33-19-17-29-56(60)57-31-21-23-44-22-20-30-53(61(44)57)45-40-49(63(4,5)6)42-50(41-45)64(7,8)9/h10-43H,1-9H3. The van der Waals surface area contributed by atoms with E-state index in [0.29, 0.717) is 0 Å². The lowest BCUT2D eigenvalue weighted by Crippen LogP contribution is -2.28. The van der Waals surface area contributed by atoms with E-state index in [2.05, 4.69) is 273 Å². The molecule has 1 heteroatoms. The molecule has 66 heavy (non-hydrogen) atoms. The van der Waals surface area contributed by atoms with E-state index < -0.39 is 5.41 Å². The van der Waals surface area contributed by atoms with Crippen molar-refractivity contribution in [2.75, 3.05) is 4.90 Å². The van der Waals surface area contributed by atoms with Gasteiger partial charge in [0.15, 0.2) is 0 Å². The lowest BCUT2D eigenvalue weighted by Gasteiger charge is -2.35. The summed E-state index contributed by atoms with van der Waals surface area (Å²) in [4.78, 5) is 2.51. The maximum atomic E-state index is 2.51. The monoisotopic (exact) mass is 855 g/mol. The second-order valence-corrected chi connectivity index (χ2v) is 21.4. The summed E-state index contributed by atoms with van der Waals surface area (Å²) in [5, 5.41) is 2.49. The molecular formula is C65H61N. The first-order valence-corrected chi connectivity index (χ1v) is 23.7. The molecule has 0 N–H and O–H groups in total. The van der Waals surface area contributed by atoms with Crippen LogP contribution < -0.4 is 4.90 Å². The maximum Gasteiger partial charge on any atom is 0.0714 e. The van der Waals surface area contributed by atoms with E-state index in [9.17, 15) is 0 Å². The van der Waals surface area contributed by atoms with Crippen molar-refractivity contribution >= 4 is 27.8 Å². The van der Waals surface area contributed by atoms with E-state index in [1.807, 2.05) is 0 Å². The van der Waals surface area contributed by atoms with E-state index in [1.54, 1.807) is 0 Å². The Hall–Kier alpha value is -6.96. The zero-order valence-corrected chi connectivity index (χ0v) is 40.1. The van der Waals surface area contributed by atoms with Crippen molar-refractivity contribution in [3.8, 4) is 33.4 Å². The second kappa shape index (κ2) is 16.2. The van der Waals surface area contributed by atoms with Crippen molar-refractivity contribution in [3.63, 3.8) is 0 Å².